The predicted molar refractivity (Wildman–Crippen MR) is 104 cm³/mol. The normalized spacial score (nSPS) is 12.0. The van der Waals surface area contributed by atoms with E-state index in [1.54, 1.807) is 32.9 Å². The molecule has 0 aliphatic rings. The average molecular weight is 375 g/mol. The van der Waals surface area contributed by atoms with E-state index in [2.05, 4.69) is 22.2 Å². The summed E-state index contributed by atoms with van der Waals surface area (Å²) in [5, 5.41) is 2.84. The van der Waals surface area contributed by atoms with Crippen LogP contribution in [0.25, 0.3) is 0 Å². The zero-order chi connectivity index (χ0) is 19.2. The van der Waals surface area contributed by atoms with Gasteiger partial charge in [-0.2, -0.15) is 0 Å². The first kappa shape index (κ1) is 20.1. The summed E-state index contributed by atoms with van der Waals surface area (Å²) in [6, 6.07) is 16.1. The molecule has 0 aromatic heterocycles. The van der Waals surface area contributed by atoms with E-state index in [0.717, 1.165) is 12.8 Å². The monoisotopic (exact) mass is 374 g/mol. The van der Waals surface area contributed by atoms with Crippen molar-refractivity contribution in [2.45, 2.75) is 44.0 Å². The highest BCUT2D eigenvalue weighted by molar-refractivity contribution is 7.89. The summed E-state index contributed by atoms with van der Waals surface area (Å²) >= 11 is 0. The largest absolute Gasteiger partial charge is 0.352 e. The van der Waals surface area contributed by atoms with Crippen LogP contribution in [0.15, 0.2) is 59.5 Å². The van der Waals surface area contributed by atoms with E-state index in [0.29, 0.717) is 12.1 Å². The van der Waals surface area contributed by atoms with Crippen LogP contribution in [-0.2, 0) is 16.4 Å². The van der Waals surface area contributed by atoms with Crippen molar-refractivity contribution in [2.24, 2.45) is 0 Å². The van der Waals surface area contributed by atoms with Gasteiger partial charge in [0.1, 0.15) is 0 Å². The van der Waals surface area contributed by atoms with Gasteiger partial charge in [0.25, 0.3) is 5.91 Å². The SMILES string of the molecule is CC(C)(C)NS(=O)(=O)c1cccc(C(=O)NCCCc2ccccc2)c1. The van der Waals surface area contributed by atoms with Crippen molar-refractivity contribution in [3.8, 4) is 0 Å². The summed E-state index contributed by atoms with van der Waals surface area (Å²) in [6.07, 6.45) is 1.70. The number of hydrogen-bond acceptors (Lipinski definition) is 3. The molecule has 0 unspecified atom stereocenters. The molecule has 0 saturated heterocycles. The van der Waals surface area contributed by atoms with Gasteiger partial charge in [-0.25, -0.2) is 13.1 Å². The zero-order valence-corrected chi connectivity index (χ0v) is 16.3. The number of rotatable bonds is 7. The standard InChI is InChI=1S/C20H26N2O3S/c1-20(2,3)22-26(24,25)18-13-7-12-17(15-18)19(23)21-14-8-11-16-9-5-4-6-10-16/h4-7,9-10,12-13,15,22H,8,11,14H2,1-3H3,(H,21,23). The van der Waals surface area contributed by atoms with Crippen LogP contribution in [0, 0.1) is 0 Å². The lowest BCUT2D eigenvalue weighted by Crippen LogP contribution is -2.40. The maximum Gasteiger partial charge on any atom is 0.251 e. The van der Waals surface area contributed by atoms with Gasteiger partial charge in [0, 0.05) is 17.6 Å². The number of nitrogens with one attached hydrogen (secondary N) is 2. The number of amides is 1. The molecule has 0 atom stereocenters. The number of benzene rings is 2. The van der Waals surface area contributed by atoms with Crippen molar-refractivity contribution < 1.29 is 13.2 Å². The van der Waals surface area contributed by atoms with E-state index in [9.17, 15) is 13.2 Å². The van der Waals surface area contributed by atoms with Gasteiger partial charge in [-0.05, 0) is 57.4 Å². The van der Waals surface area contributed by atoms with Crippen molar-refractivity contribution >= 4 is 15.9 Å². The fourth-order valence-electron chi connectivity index (χ4n) is 2.51. The highest BCUT2D eigenvalue weighted by Crippen LogP contribution is 2.14. The lowest BCUT2D eigenvalue weighted by atomic mass is 10.1. The van der Waals surface area contributed by atoms with E-state index in [1.165, 1.54) is 17.7 Å². The van der Waals surface area contributed by atoms with Gasteiger partial charge in [0.15, 0.2) is 0 Å². The van der Waals surface area contributed by atoms with Gasteiger partial charge < -0.3 is 5.32 Å². The first-order valence-corrected chi connectivity index (χ1v) is 10.1. The minimum atomic E-state index is -3.67. The van der Waals surface area contributed by atoms with Crippen molar-refractivity contribution in [2.75, 3.05) is 6.54 Å². The van der Waals surface area contributed by atoms with Crippen LogP contribution in [-0.4, -0.2) is 26.4 Å². The van der Waals surface area contributed by atoms with Gasteiger partial charge in [0.05, 0.1) is 4.90 Å². The fraction of sp³-hybridized carbons (Fsp3) is 0.350. The molecule has 0 spiro atoms. The first-order valence-electron chi connectivity index (χ1n) is 8.63. The maximum absolute atomic E-state index is 12.4. The Morgan fingerprint density at radius 3 is 2.35 bits per heavy atom. The molecule has 26 heavy (non-hydrogen) atoms. The Hall–Kier alpha value is -2.18. The van der Waals surface area contributed by atoms with Crippen molar-refractivity contribution in [3.05, 3.63) is 65.7 Å². The van der Waals surface area contributed by atoms with Crippen molar-refractivity contribution in [3.63, 3.8) is 0 Å². The molecule has 1 amide bonds. The smallest absolute Gasteiger partial charge is 0.251 e. The molecule has 0 aliphatic heterocycles. The molecule has 2 aromatic rings. The van der Waals surface area contributed by atoms with E-state index < -0.39 is 15.6 Å². The second-order valence-corrected chi connectivity index (χ2v) is 8.91. The van der Waals surface area contributed by atoms with Crippen LogP contribution in [0.2, 0.25) is 0 Å². The van der Waals surface area contributed by atoms with Crippen LogP contribution in [0.3, 0.4) is 0 Å². The van der Waals surface area contributed by atoms with Gasteiger partial charge in [-0.1, -0.05) is 36.4 Å². The van der Waals surface area contributed by atoms with E-state index in [4.69, 9.17) is 0 Å². The molecule has 0 saturated carbocycles. The summed E-state index contributed by atoms with van der Waals surface area (Å²) in [4.78, 5) is 12.4. The van der Waals surface area contributed by atoms with Gasteiger partial charge >= 0.3 is 0 Å². The second-order valence-electron chi connectivity index (χ2n) is 7.23. The molecule has 0 radical (unpaired) electrons. The molecule has 5 nitrogen and oxygen atoms in total. The summed E-state index contributed by atoms with van der Waals surface area (Å²) in [5.74, 6) is -0.272. The summed E-state index contributed by atoms with van der Waals surface area (Å²) in [5.41, 5.74) is 0.971. The second kappa shape index (κ2) is 8.47. The zero-order valence-electron chi connectivity index (χ0n) is 15.5. The molecule has 2 rings (SSSR count). The predicted octanol–water partition coefficient (Wildman–Crippen LogP) is 3.13. The van der Waals surface area contributed by atoms with Crippen LogP contribution in [0.1, 0.15) is 43.1 Å². The Morgan fingerprint density at radius 1 is 1.00 bits per heavy atom. The minimum Gasteiger partial charge on any atom is -0.352 e. The Balaban J connectivity index is 1.95. The Bertz CT molecular complexity index is 841. The summed E-state index contributed by atoms with van der Waals surface area (Å²) in [7, 11) is -3.67. The van der Waals surface area contributed by atoms with E-state index >= 15 is 0 Å². The maximum atomic E-state index is 12.4. The van der Waals surface area contributed by atoms with Crippen molar-refractivity contribution in [1.29, 1.82) is 0 Å². The van der Waals surface area contributed by atoms with Crippen LogP contribution in [0.4, 0.5) is 0 Å². The average Bonchev–Trinajstić information content (AvgIpc) is 2.57. The number of carbonyl (C=O) groups excluding carboxylic acids is 1. The lowest BCUT2D eigenvalue weighted by Gasteiger charge is -2.20. The number of aryl methyl sites for hydroxylation is 1. The quantitative estimate of drug-likeness (QED) is 0.731. The molecule has 0 bridgehead atoms. The lowest BCUT2D eigenvalue weighted by molar-refractivity contribution is 0.0953. The molecule has 140 valence electrons. The Kier molecular flexibility index (Phi) is 6.56. The number of hydrogen-bond donors (Lipinski definition) is 2. The molecular weight excluding hydrogens is 348 g/mol. The Labute approximate surface area is 155 Å². The molecule has 6 heteroatoms. The molecule has 0 heterocycles. The van der Waals surface area contributed by atoms with E-state index in [-0.39, 0.29) is 10.8 Å². The molecule has 0 aliphatic carbocycles. The first-order chi connectivity index (χ1) is 12.2. The van der Waals surface area contributed by atoms with Gasteiger partial charge in [-0.3, -0.25) is 4.79 Å². The molecule has 2 aromatic carbocycles. The van der Waals surface area contributed by atoms with Gasteiger partial charge in [0.2, 0.25) is 10.0 Å². The highest BCUT2D eigenvalue weighted by atomic mass is 32.2. The number of carbonyl (C=O) groups is 1. The summed E-state index contributed by atoms with van der Waals surface area (Å²) in [6.45, 7) is 5.85. The van der Waals surface area contributed by atoms with Crippen LogP contribution in [0.5, 0.6) is 0 Å². The third kappa shape index (κ3) is 6.28. The molecular formula is C20H26N2O3S. The van der Waals surface area contributed by atoms with Crippen molar-refractivity contribution in [1.82, 2.24) is 10.0 Å². The Morgan fingerprint density at radius 2 is 1.69 bits per heavy atom. The number of sulfonamides is 1. The minimum absolute atomic E-state index is 0.0874. The van der Waals surface area contributed by atoms with Gasteiger partial charge in [-0.15, -0.1) is 0 Å². The molecule has 2 N–H and O–H groups in total. The van der Waals surface area contributed by atoms with Crippen LogP contribution < -0.4 is 10.0 Å². The summed E-state index contributed by atoms with van der Waals surface area (Å²) < 4.78 is 27.4. The highest BCUT2D eigenvalue weighted by Gasteiger charge is 2.22. The fourth-order valence-corrected chi connectivity index (χ4v) is 3.97. The molecule has 0 fully saturated rings. The van der Waals surface area contributed by atoms with E-state index in [1.807, 2.05) is 18.2 Å². The van der Waals surface area contributed by atoms with Crippen LogP contribution >= 0.6 is 0 Å². The third-order valence-electron chi connectivity index (χ3n) is 3.62. The third-order valence-corrected chi connectivity index (χ3v) is 5.37. The topological polar surface area (TPSA) is 75.3 Å².